The van der Waals surface area contributed by atoms with Gasteiger partial charge < -0.3 is 15.7 Å². The van der Waals surface area contributed by atoms with Gasteiger partial charge in [-0.3, -0.25) is 9.59 Å². The van der Waals surface area contributed by atoms with Crippen molar-refractivity contribution in [2.75, 3.05) is 0 Å². The molecule has 0 bridgehead atoms. The molecule has 2 rings (SSSR count). The number of hydrogen-bond donors (Lipinski definition) is 3. The van der Waals surface area contributed by atoms with Crippen molar-refractivity contribution in [2.45, 2.75) is 31.8 Å². The second-order valence-electron chi connectivity index (χ2n) is 6.28. The second-order valence-corrected chi connectivity index (χ2v) is 6.69. The molecule has 148 valence electrons. The minimum Gasteiger partial charge on any atom is -0.480 e. The van der Waals surface area contributed by atoms with Crippen LogP contribution in [0.3, 0.4) is 0 Å². The van der Waals surface area contributed by atoms with Crippen LogP contribution < -0.4 is 10.6 Å². The molecule has 0 unspecified atom stereocenters. The third kappa shape index (κ3) is 6.35. The molecule has 28 heavy (non-hydrogen) atoms. The fourth-order valence-electron chi connectivity index (χ4n) is 2.67. The number of carboxylic acids is 1. The summed E-state index contributed by atoms with van der Waals surface area (Å²) in [5.74, 6) is -2.74. The molecule has 0 spiro atoms. The summed E-state index contributed by atoms with van der Waals surface area (Å²) in [4.78, 5) is 35.7. The van der Waals surface area contributed by atoms with Crippen molar-refractivity contribution in [2.24, 2.45) is 0 Å². The Morgan fingerprint density at radius 1 is 1.00 bits per heavy atom. The number of aliphatic carboxylic acids is 1. The van der Waals surface area contributed by atoms with Gasteiger partial charge in [-0.25, -0.2) is 9.18 Å². The van der Waals surface area contributed by atoms with Crippen LogP contribution in [0.25, 0.3) is 0 Å². The summed E-state index contributed by atoms with van der Waals surface area (Å²) in [6.45, 7) is 1.25. The first kappa shape index (κ1) is 21.4. The first-order chi connectivity index (χ1) is 13.3. The summed E-state index contributed by atoms with van der Waals surface area (Å²) in [7, 11) is 0. The van der Waals surface area contributed by atoms with E-state index in [0.29, 0.717) is 16.1 Å². The third-order valence-electron chi connectivity index (χ3n) is 4.04. The number of amides is 2. The molecule has 0 aliphatic heterocycles. The molecule has 0 aliphatic rings. The Kier molecular flexibility index (Phi) is 7.52. The van der Waals surface area contributed by atoms with Crippen LogP contribution in [0.15, 0.2) is 48.5 Å². The van der Waals surface area contributed by atoms with E-state index in [0.717, 1.165) is 0 Å². The number of carboxylic acid groups (broad SMARTS) is 1. The zero-order valence-electron chi connectivity index (χ0n) is 15.1. The zero-order valence-corrected chi connectivity index (χ0v) is 15.9. The summed E-state index contributed by atoms with van der Waals surface area (Å²) in [6, 6.07) is 10.00. The molecule has 0 saturated heterocycles. The maximum atomic E-state index is 13.1. The van der Waals surface area contributed by atoms with Crippen molar-refractivity contribution in [3.8, 4) is 0 Å². The van der Waals surface area contributed by atoms with Crippen molar-refractivity contribution in [1.82, 2.24) is 10.6 Å². The Balaban J connectivity index is 2.14. The lowest BCUT2D eigenvalue weighted by Crippen LogP contribution is -2.52. The van der Waals surface area contributed by atoms with E-state index in [2.05, 4.69) is 10.6 Å². The highest BCUT2D eigenvalue weighted by Crippen LogP contribution is 2.17. The molecule has 0 fully saturated rings. The van der Waals surface area contributed by atoms with Crippen molar-refractivity contribution in [3.63, 3.8) is 0 Å². The van der Waals surface area contributed by atoms with Crippen LogP contribution in [0.2, 0.25) is 5.02 Å². The Morgan fingerprint density at radius 2 is 1.64 bits per heavy atom. The first-order valence-corrected chi connectivity index (χ1v) is 8.92. The highest BCUT2D eigenvalue weighted by atomic mass is 35.5. The second kappa shape index (κ2) is 9.85. The van der Waals surface area contributed by atoms with E-state index in [1.807, 2.05) is 0 Å². The van der Waals surface area contributed by atoms with Crippen LogP contribution in [0.4, 0.5) is 4.39 Å². The van der Waals surface area contributed by atoms with Crippen molar-refractivity contribution in [3.05, 3.63) is 70.5 Å². The number of nitrogens with one attached hydrogen (secondary N) is 2. The summed E-state index contributed by atoms with van der Waals surface area (Å²) < 4.78 is 13.1. The number of halogens is 2. The fraction of sp³-hybridized carbons (Fsp3) is 0.250. The van der Waals surface area contributed by atoms with Crippen LogP contribution in [0, 0.1) is 5.82 Å². The van der Waals surface area contributed by atoms with Crippen molar-refractivity contribution in [1.29, 1.82) is 0 Å². The molecule has 0 aliphatic carbocycles. The Hall–Kier alpha value is -2.93. The van der Waals surface area contributed by atoms with E-state index in [1.165, 1.54) is 31.2 Å². The molecule has 3 N–H and O–H groups in total. The SMILES string of the molecule is CC(=O)N[C@@H](Cc1ccc(F)cc1)C(=O)N[C@H](Cc1ccccc1Cl)C(=O)O. The molecular formula is C20H20ClFN2O4. The van der Waals surface area contributed by atoms with Crippen LogP contribution in [-0.2, 0) is 27.2 Å². The summed E-state index contributed by atoms with van der Waals surface area (Å²) in [5, 5.41) is 14.8. The van der Waals surface area contributed by atoms with Gasteiger partial charge in [0, 0.05) is 24.8 Å². The van der Waals surface area contributed by atoms with Crippen LogP contribution in [0.5, 0.6) is 0 Å². The molecule has 6 nitrogen and oxygen atoms in total. The van der Waals surface area contributed by atoms with Gasteiger partial charge >= 0.3 is 5.97 Å². The zero-order chi connectivity index (χ0) is 20.7. The van der Waals surface area contributed by atoms with Crippen LogP contribution in [0.1, 0.15) is 18.1 Å². The molecule has 2 aromatic rings. The van der Waals surface area contributed by atoms with Gasteiger partial charge in [0.1, 0.15) is 17.9 Å². The Morgan fingerprint density at radius 3 is 2.21 bits per heavy atom. The number of rotatable bonds is 8. The first-order valence-electron chi connectivity index (χ1n) is 8.54. The quantitative estimate of drug-likeness (QED) is 0.627. The Bertz CT molecular complexity index is 858. The number of carbonyl (C=O) groups excluding carboxylic acids is 2. The van der Waals surface area contributed by atoms with Gasteiger partial charge in [0.15, 0.2) is 0 Å². The van der Waals surface area contributed by atoms with Crippen molar-refractivity contribution < 1.29 is 23.9 Å². The predicted octanol–water partition coefficient (Wildman–Crippen LogP) is 2.34. The summed E-state index contributed by atoms with van der Waals surface area (Å²) in [6.07, 6.45) is 0.0776. The van der Waals surface area contributed by atoms with E-state index >= 15 is 0 Å². The lowest BCUT2D eigenvalue weighted by molar-refractivity contribution is -0.142. The number of carbonyl (C=O) groups is 3. The topological polar surface area (TPSA) is 95.5 Å². The van der Waals surface area contributed by atoms with Gasteiger partial charge in [-0.05, 0) is 29.3 Å². The molecule has 2 atom stereocenters. The molecule has 0 aromatic heterocycles. The number of benzene rings is 2. The van der Waals surface area contributed by atoms with E-state index < -0.39 is 35.7 Å². The van der Waals surface area contributed by atoms with Gasteiger partial charge in [-0.2, -0.15) is 0 Å². The Labute approximate surface area is 166 Å². The molecule has 0 saturated carbocycles. The molecular weight excluding hydrogens is 387 g/mol. The maximum absolute atomic E-state index is 13.1. The van der Waals surface area contributed by atoms with Gasteiger partial charge in [0.05, 0.1) is 0 Å². The van der Waals surface area contributed by atoms with Crippen molar-refractivity contribution >= 4 is 29.4 Å². The largest absolute Gasteiger partial charge is 0.480 e. The molecule has 0 heterocycles. The predicted molar refractivity (Wildman–Crippen MR) is 102 cm³/mol. The van der Waals surface area contributed by atoms with Gasteiger partial charge in [-0.15, -0.1) is 0 Å². The summed E-state index contributed by atoms with van der Waals surface area (Å²) in [5.41, 5.74) is 1.19. The number of hydrogen-bond acceptors (Lipinski definition) is 3. The smallest absolute Gasteiger partial charge is 0.326 e. The average molecular weight is 407 g/mol. The van der Waals surface area contributed by atoms with E-state index in [-0.39, 0.29) is 12.8 Å². The average Bonchev–Trinajstić information content (AvgIpc) is 2.63. The normalized spacial score (nSPS) is 12.7. The molecule has 0 radical (unpaired) electrons. The highest BCUT2D eigenvalue weighted by molar-refractivity contribution is 6.31. The molecule has 8 heteroatoms. The standard InChI is InChI=1S/C20H20ClFN2O4/c1-12(25)23-17(10-13-6-8-15(22)9-7-13)19(26)24-18(20(27)28)11-14-4-2-3-5-16(14)21/h2-9,17-18H,10-11H2,1H3,(H,23,25)(H,24,26)(H,27,28)/t17-,18+/m0/s1. The molecule has 2 amide bonds. The van der Waals surface area contributed by atoms with Crippen LogP contribution in [-0.4, -0.2) is 35.0 Å². The minimum absolute atomic E-state index is 0.00984. The van der Waals surface area contributed by atoms with E-state index in [1.54, 1.807) is 24.3 Å². The van der Waals surface area contributed by atoms with E-state index in [4.69, 9.17) is 11.6 Å². The third-order valence-corrected chi connectivity index (χ3v) is 4.41. The lowest BCUT2D eigenvalue weighted by Gasteiger charge is -2.21. The van der Waals surface area contributed by atoms with Gasteiger partial charge in [0.25, 0.3) is 0 Å². The van der Waals surface area contributed by atoms with Gasteiger partial charge in [0.2, 0.25) is 11.8 Å². The van der Waals surface area contributed by atoms with Gasteiger partial charge in [-0.1, -0.05) is 41.9 Å². The fourth-order valence-corrected chi connectivity index (χ4v) is 2.88. The minimum atomic E-state index is -1.23. The monoisotopic (exact) mass is 406 g/mol. The van der Waals surface area contributed by atoms with Crippen LogP contribution >= 0.6 is 11.6 Å². The molecule has 2 aromatic carbocycles. The summed E-state index contributed by atoms with van der Waals surface area (Å²) >= 11 is 6.07. The maximum Gasteiger partial charge on any atom is 0.326 e. The van der Waals surface area contributed by atoms with E-state index in [9.17, 15) is 23.9 Å². The highest BCUT2D eigenvalue weighted by Gasteiger charge is 2.27. The lowest BCUT2D eigenvalue weighted by atomic mass is 10.0.